The van der Waals surface area contributed by atoms with Crippen LogP contribution in [0.1, 0.15) is 57.9 Å². The largest absolute Gasteiger partial charge is 0.493 e. The van der Waals surface area contributed by atoms with E-state index in [1.54, 1.807) is 7.11 Å². The number of carbonyl (C=O) groups is 1. The first-order valence-electron chi connectivity index (χ1n) is 12.3. The molecule has 5 nitrogen and oxygen atoms in total. The molecule has 0 aromatic heterocycles. The van der Waals surface area contributed by atoms with Crippen molar-refractivity contribution in [2.24, 2.45) is 10.9 Å². The molecule has 2 aliphatic rings. The van der Waals surface area contributed by atoms with Crippen LogP contribution in [0.5, 0.6) is 11.5 Å². The molecule has 1 saturated heterocycles. The Balaban J connectivity index is 1.64. The van der Waals surface area contributed by atoms with E-state index in [2.05, 4.69) is 13.8 Å². The van der Waals surface area contributed by atoms with Crippen LogP contribution in [0.25, 0.3) is 6.08 Å². The average molecular weight is 479 g/mol. The zero-order chi connectivity index (χ0) is 23.9. The van der Waals surface area contributed by atoms with Crippen LogP contribution < -0.4 is 9.47 Å². The number of carbonyl (C=O) groups excluding carboxylic acids is 1. The molecule has 2 fully saturated rings. The Morgan fingerprint density at radius 2 is 1.91 bits per heavy atom. The first-order valence-corrected chi connectivity index (χ1v) is 13.1. The number of amides is 1. The number of methoxy groups -OCH3 is 1. The summed E-state index contributed by atoms with van der Waals surface area (Å²) >= 11 is 1.46. The van der Waals surface area contributed by atoms with Crippen LogP contribution in [0.3, 0.4) is 0 Å². The highest BCUT2D eigenvalue weighted by Crippen LogP contribution is 2.40. The normalized spacial score (nSPS) is 23.0. The second-order valence-electron chi connectivity index (χ2n) is 8.96. The maximum absolute atomic E-state index is 13.7. The summed E-state index contributed by atoms with van der Waals surface area (Å²) in [6, 6.07) is 15.9. The number of amidine groups is 1. The predicted octanol–water partition coefficient (Wildman–Crippen LogP) is 7.06. The maximum Gasteiger partial charge on any atom is 0.267 e. The number of hydrogen-bond acceptors (Lipinski definition) is 5. The minimum Gasteiger partial charge on any atom is -0.493 e. The van der Waals surface area contributed by atoms with Gasteiger partial charge in [0, 0.05) is 6.04 Å². The molecule has 2 aromatic rings. The zero-order valence-corrected chi connectivity index (χ0v) is 21.1. The lowest BCUT2D eigenvalue weighted by Gasteiger charge is -2.35. The molecule has 1 aliphatic heterocycles. The van der Waals surface area contributed by atoms with Crippen molar-refractivity contribution in [2.45, 2.75) is 58.4 Å². The van der Waals surface area contributed by atoms with Crippen molar-refractivity contribution < 1.29 is 14.3 Å². The highest BCUT2D eigenvalue weighted by Gasteiger charge is 2.41. The topological polar surface area (TPSA) is 51.1 Å². The van der Waals surface area contributed by atoms with E-state index in [0.29, 0.717) is 23.2 Å². The van der Waals surface area contributed by atoms with Crippen molar-refractivity contribution in [2.75, 3.05) is 13.7 Å². The molecule has 0 radical (unpaired) electrons. The molecule has 2 aromatic carbocycles. The molecule has 1 saturated carbocycles. The molecule has 34 heavy (non-hydrogen) atoms. The van der Waals surface area contributed by atoms with Gasteiger partial charge in [-0.05, 0) is 72.8 Å². The summed E-state index contributed by atoms with van der Waals surface area (Å²) in [5, 5.41) is 0.771. The van der Waals surface area contributed by atoms with Crippen LogP contribution in [0.4, 0.5) is 5.69 Å². The minimum absolute atomic E-state index is 0.0423. The van der Waals surface area contributed by atoms with Gasteiger partial charge in [-0.1, -0.05) is 57.4 Å². The number of aliphatic imine (C=N–C) groups is 1. The standard InChI is InChI=1S/C28H34N2O3S/c1-4-5-17-33-24-16-15-21(18-25(24)32-3)19-26-27(31)30(23-14-10-9-11-20(23)2)28(34-26)29-22-12-7-6-8-13-22/h6-8,12-13,15-16,18-20,23H,4-5,9-11,14,17H2,1-3H3/b26-19-,29-28?/t20-,23+/m1/s1. The van der Waals surface area contributed by atoms with Gasteiger partial charge in [-0.3, -0.25) is 9.69 Å². The highest BCUT2D eigenvalue weighted by atomic mass is 32.2. The Morgan fingerprint density at radius 3 is 2.65 bits per heavy atom. The van der Waals surface area contributed by atoms with Crippen LogP contribution in [0.2, 0.25) is 0 Å². The molecule has 4 rings (SSSR count). The third-order valence-corrected chi connectivity index (χ3v) is 7.44. The lowest BCUT2D eigenvalue weighted by Crippen LogP contribution is -2.44. The molecule has 0 N–H and O–H groups in total. The second kappa shape index (κ2) is 11.6. The molecular formula is C28H34N2O3S. The van der Waals surface area contributed by atoms with Gasteiger partial charge in [-0.15, -0.1) is 0 Å². The van der Waals surface area contributed by atoms with Gasteiger partial charge in [-0.2, -0.15) is 0 Å². The summed E-state index contributed by atoms with van der Waals surface area (Å²) in [6.07, 6.45) is 8.57. The Labute approximate surface area is 207 Å². The van der Waals surface area contributed by atoms with E-state index in [1.165, 1.54) is 18.2 Å². The SMILES string of the molecule is CCCCOc1ccc(/C=C2\SC(=Nc3ccccc3)N([C@H]3CCCC[C@H]3C)C2=O)cc1OC. The molecule has 0 bridgehead atoms. The second-order valence-corrected chi connectivity index (χ2v) is 9.97. The highest BCUT2D eigenvalue weighted by molar-refractivity contribution is 8.18. The minimum atomic E-state index is 0.0423. The molecular weight excluding hydrogens is 444 g/mol. The lowest BCUT2D eigenvalue weighted by molar-refractivity contribution is -0.124. The molecule has 1 aliphatic carbocycles. The Bertz CT molecular complexity index is 1050. The molecule has 0 spiro atoms. The van der Waals surface area contributed by atoms with Gasteiger partial charge in [0.1, 0.15) is 0 Å². The first kappa shape index (κ1) is 24.4. The van der Waals surface area contributed by atoms with E-state index in [-0.39, 0.29) is 11.9 Å². The van der Waals surface area contributed by atoms with Gasteiger partial charge in [-0.25, -0.2) is 4.99 Å². The van der Waals surface area contributed by atoms with Gasteiger partial charge in [0.2, 0.25) is 0 Å². The van der Waals surface area contributed by atoms with Crippen LogP contribution in [-0.2, 0) is 4.79 Å². The molecule has 6 heteroatoms. The Morgan fingerprint density at radius 1 is 1.12 bits per heavy atom. The fourth-order valence-corrected chi connectivity index (χ4v) is 5.57. The Kier molecular flexibility index (Phi) is 8.33. The zero-order valence-electron chi connectivity index (χ0n) is 20.3. The van der Waals surface area contributed by atoms with Crippen molar-refractivity contribution in [1.82, 2.24) is 4.90 Å². The van der Waals surface area contributed by atoms with Gasteiger partial charge < -0.3 is 9.47 Å². The number of thioether (sulfide) groups is 1. The molecule has 0 unspecified atom stereocenters. The number of ether oxygens (including phenoxy) is 2. The van der Waals surface area contributed by atoms with Crippen molar-refractivity contribution in [3.05, 3.63) is 59.0 Å². The summed E-state index contributed by atoms with van der Waals surface area (Å²) in [7, 11) is 1.64. The number of rotatable bonds is 8. The predicted molar refractivity (Wildman–Crippen MR) is 141 cm³/mol. The van der Waals surface area contributed by atoms with E-state index >= 15 is 0 Å². The van der Waals surface area contributed by atoms with Crippen LogP contribution in [0.15, 0.2) is 58.4 Å². The van der Waals surface area contributed by atoms with Gasteiger partial charge in [0.25, 0.3) is 5.91 Å². The first-order chi connectivity index (χ1) is 16.6. The summed E-state index contributed by atoms with van der Waals surface area (Å²) in [6.45, 7) is 5.06. The smallest absolute Gasteiger partial charge is 0.267 e. The van der Waals surface area contributed by atoms with Gasteiger partial charge in [0.05, 0.1) is 24.3 Å². The van der Waals surface area contributed by atoms with Crippen LogP contribution in [-0.4, -0.2) is 35.7 Å². The summed E-state index contributed by atoms with van der Waals surface area (Å²) in [4.78, 5) is 21.2. The number of para-hydroxylation sites is 1. The van der Waals surface area contributed by atoms with Crippen molar-refractivity contribution >= 4 is 34.6 Å². The number of unbranched alkanes of at least 4 members (excludes halogenated alkanes) is 1. The van der Waals surface area contributed by atoms with E-state index < -0.39 is 0 Å². The maximum atomic E-state index is 13.7. The molecule has 1 heterocycles. The number of hydrogen-bond donors (Lipinski definition) is 0. The monoisotopic (exact) mass is 478 g/mol. The van der Waals surface area contributed by atoms with E-state index in [4.69, 9.17) is 14.5 Å². The summed E-state index contributed by atoms with van der Waals surface area (Å²) in [5.74, 6) is 1.91. The fourth-order valence-electron chi connectivity index (χ4n) is 4.52. The molecule has 180 valence electrons. The average Bonchev–Trinajstić information content (AvgIpc) is 3.15. The van der Waals surface area contributed by atoms with Crippen molar-refractivity contribution in [3.63, 3.8) is 0 Å². The van der Waals surface area contributed by atoms with Gasteiger partial charge >= 0.3 is 0 Å². The molecule has 2 atom stereocenters. The third-order valence-electron chi connectivity index (χ3n) is 6.46. The van der Waals surface area contributed by atoms with Crippen molar-refractivity contribution in [1.29, 1.82) is 0 Å². The van der Waals surface area contributed by atoms with E-state index in [9.17, 15) is 4.79 Å². The summed E-state index contributed by atoms with van der Waals surface area (Å²) < 4.78 is 11.4. The van der Waals surface area contributed by atoms with E-state index in [0.717, 1.165) is 54.3 Å². The number of benzene rings is 2. The lowest BCUT2D eigenvalue weighted by atomic mass is 9.85. The number of nitrogens with zero attached hydrogens (tertiary/aromatic N) is 2. The van der Waals surface area contributed by atoms with Crippen LogP contribution in [0, 0.1) is 5.92 Å². The Hall–Kier alpha value is -2.73. The summed E-state index contributed by atoms with van der Waals surface area (Å²) in [5.41, 5.74) is 1.77. The van der Waals surface area contributed by atoms with Crippen molar-refractivity contribution in [3.8, 4) is 11.5 Å². The molecule has 1 amide bonds. The third kappa shape index (κ3) is 5.66. The van der Waals surface area contributed by atoms with Gasteiger partial charge in [0.15, 0.2) is 16.7 Å². The van der Waals surface area contributed by atoms with Crippen LogP contribution >= 0.6 is 11.8 Å². The van der Waals surface area contributed by atoms with E-state index in [1.807, 2.05) is 59.5 Å². The quantitative estimate of drug-likeness (QED) is 0.301. The fraction of sp³-hybridized carbons (Fsp3) is 0.429.